The Hall–Kier alpha value is -3.41. The molecule has 0 aliphatic carbocycles. The van der Waals surface area contributed by atoms with Gasteiger partial charge in [0.15, 0.2) is 5.82 Å². The van der Waals surface area contributed by atoms with Gasteiger partial charge in [0, 0.05) is 26.5 Å². The molecule has 0 saturated carbocycles. The SMILES string of the molecule is Cn1ccnc1[C@](O)(CC(=O)NNC(=O)Cc1nc2ccccc2n1C)C(F)(F)F. The Morgan fingerprint density at radius 3 is 2.40 bits per heavy atom. The first kappa shape index (κ1) is 21.3. The number of fused-ring (bicyclic) bond motifs is 1. The Kier molecular flexibility index (Phi) is 5.53. The molecule has 0 fully saturated rings. The molecule has 1 atom stereocenters. The van der Waals surface area contributed by atoms with Gasteiger partial charge in [-0.05, 0) is 12.1 Å². The number of carbonyl (C=O) groups excluding carboxylic acids is 2. The number of aryl methyl sites for hydroxylation is 2. The van der Waals surface area contributed by atoms with Crippen LogP contribution in [0.2, 0.25) is 0 Å². The summed E-state index contributed by atoms with van der Waals surface area (Å²) in [5.74, 6) is -2.26. The molecule has 160 valence electrons. The topological polar surface area (TPSA) is 114 Å². The first-order valence-electron chi connectivity index (χ1n) is 8.78. The average molecular weight is 424 g/mol. The van der Waals surface area contributed by atoms with E-state index in [-0.39, 0.29) is 6.42 Å². The van der Waals surface area contributed by atoms with Crippen LogP contribution in [0, 0.1) is 0 Å². The lowest BCUT2D eigenvalue weighted by Gasteiger charge is -2.29. The van der Waals surface area contributed by atoms with Gasteiger partial charge in [-0.2, -0.15) is 13.2 Å². The summed E-state index contributed by atoms with van der Waals surface area (Å²) >= 11 is 0. The van der Waals surface area contributed by atoms with Gasteiger partial charge >= 0.3 is 6.18 Å². The first-order chi connectivity index (χ1) is 14.0. The van der Waals surface area contributed by atoms with E-state index >= 15 is 0 Å². The molecule has 2 aromatic heterocycles. The molecule has 3 aromatic rings. The van der Waals surface area contributed by atoms with E-state index in [4.69, 9.17) is 0 Å². The molecule has 0 aliphatic heterocycles. The number of amides is 2. The van der Waals surface area contributed by atoms with Crippen molar-refractivity contribution in [3.05, 3.63) is 48.3 Å². The number of carbonyl (C=O) groups is 2. The number of nitrogens with zero attached hydrogens (tertiary/aromatic N) is 4. The lowest BCUT2D eigenvalue weighted by Crippen LogP contribution is -2.50. The van der Waals surface area contributed by atoms with Crippen LogP contribution >= 0.6 is 0 Å². The number of benzene rings is 1. The lowest BCUT2D eigenvalue weighted by atomic mass is 9.97. The maximum absolute atomic E-state index is 13.5. The zero-order valence-electron chi connectivity index (χ0n) is 16.1. The first-order valence-corrected chi connectivity index (χ1v) is 8.78. The molecule has 1 aromatic carbocycles. The summed E-state index contributed by atoms with van der Waals surface area (Å²) in [6.45, 7) is 0. The number of imidazole rings is 2. The highest BCUT2D eigenvalue weighted by Crippen LogP contribution is 2.40. The number of rotatable bonds is 5. The zero-order valence-corrected chi connectivity index (χ0v) is 16.1. The van der Waals surface area contributed by atoms with Crippen molar-refractivity contribution in [2.45, 2.75) is 24.6 Å². The van der Waals surface area contributed by atoms with Gasteiger partial charge in [0.2, 0.25) is 17.4 Å². The fraction of sp³-hybridized carbons (Fsp3) is 0.333. The minimum absolute atomic E-state index is 0.214. The molecule has 3 rings (SSSR count). The fourth-order valence-corrected chi connectivity index (χ4v) is 3.03. The number of aromatic nitrogens is 4. The van der Waals surface area contributed by atoms with E-state index in [1.165, 1.54) is 13.2 Å². The molecule has 0 aliphatic rings. The molecule has 30 heavy (non-hydrogen) atoms. The minimum Gasteiger partial charge on any atom is -0.374 e. The standard InChI is InChI=1S/C18H19F3N6O3/c1-26-8-7-22-16(26)17(30,18(19,20)21)10-15(29)25-24-14(28)9-13-23-11-5-3-4-6-12(11)27(13)2/h3-8,30H,9-10H2,1-2H3,(H,24,28)(H,25,29)/t17-/m1/s1. The van der Waals surface area contributed by atoms with Crippen molar-refractivity contribution in [3.63, 3.8) is 0 Å². The van der Waals surface area contributed by atoms with Crippen molar-refractivity contribution in [2.75, 3.05) is 0 Å². The van der Waals surface area contributed by atoms with Crippen LogP contribution in [0.15, 0.2) is 36.7 Å². The Morgan fingerprint density at radius 2 is 1.80 bits per heavy atom. The van der Waals surface area contributed by atoms with Crippen LogP contribution in [-0.4, -0.2) is 42.2 Å². The van der Waals surface area contributed by atoms with E-state index in [1.807, 2.05) is 23.0 Å². The predicted octanol–water partition coefficient (Wildman–Crippen LogP) is 0.837. The molecule has 0 spiro atoms. The van der Waals surface area contributed by atoms with E-state index in [1.54, 1.807) is 23.7 Å². The van der Waals surface area contributed by atoms with Gasteiger partial charge in [-0.25, -0.2) is 9.97 Å². The number of alkyl halides is 3. The van der Waals surface area contributed by atoms with E-state index in [2.05, 4.69) is 9.97 Å². The molecule has 2 heterocycles. The number of para-hydroxylation sites is 2. The summed E-state index contributed by atoms with van der Waals surface area (Å²) in [7, 11) is 2.97. The van der Waals surface area contributed by atoms with Crippen molar-refractivity contribution in [1.82, 2.24) is 30.0 Å². The van der Waals surface area contributed by atoms with E-state index < -0.39 is 35.8 Å². The number of hydrazine groups is 1. The molecule has 2 amide bonds. The maximum atomic E-state index is 13.5. The summed E-state index contributed by atoms with van der Waals surface area (Å²) in [4.78, 5) is 32.0. The molecular formula is C18H19F3N6O3. The normalized spacial score (nSPS) is 13.8. The number of hydrogen-bond acceptors (Lipinski definition) is 5. The molecule has 0 saturated heterocycles. The zero-order chi connectivity index (χ0) is 22.1. The number of hydrogen-bond donors (Lipinski definition) is 3. The Bertz CT molecular complexity index is 1090. The van der Waals surface area contributed by atoms with Gasteiger partial charge in [0.1, 0.15) is 5.82 Å². The molecule has 0 radical (unpaired) electrons. The molecule has 0 unspecified atom stereocenters. The number of nitrogens with one attached hydrogen (secondary N) is 2. The second-order valence-corrected chi connectivity index (χ2v) is 6.75. The second kappa shape index (κ2) is 7.78. The van der Waals surface area contributed by atoms with Crippen molar-refractivity contribution in [3.8, 4) is 0 Å². The maximum Gasteiger partial charge on any atom is 0.425 e. The van der Waals surface area contributed by atoms with Gasteiger partial charge in [-0.3, -0.25) is 20.4 Å². The average Bonchev–Trinajstić information content (AvgIpc) is 3.23. The quantitative estimate of drug-likeness (QED) is 0.525. The highest BCUT2D eigenvalue weighted by molar-refractivity contribution is 5.84. The summed E-state index contributed by atoms with van der Waals surface area (Å²) in [5, 5.41) is 10.2. The predicted molar refractivity (Wildman–Crippen MR) is 98.5 cm³/mol. The van der Waals surface area contributed by atoms with Gasteiger partial charge < -0.3 is 14.2 Å². The van der Waals surface area contributed by atoms with Crippen molar-refractivity contribution < 1.29 is 27.9 Å². The third-order valence-electron chi connectivity index (χ3n) is 4.62. The lowest BCUT2D eigenvalue weighted by molar-refractivity contribution is -0.271. The van der Waals surface area contributed by atoms with Crippen LogP contribution in [0.5, 0.6) is 0 Å². The number of halogens is 3. The Labute approximate surface area is 168 Å². The second-order valence-electron chi connectivity index (χ2n) is 6.75. The van der Waals surface area contributed by atoms with Gasteiger partial charge in [0.25, 0.3) is 0 Å². The summed E-state index contributed by atoms with van der Waals surface area (Å²) in [6, 6.07) is 7.20. The highest BCUT2D eigenvalue weighted by atomic mass is 19.4. The number of aliphatic hydroxyl groups is 1. The van der Waals surface area contributed by atoms with Gasteiger partial charge in [-0.1, -0.05) is 12.1 Å². The van der Waals surface area contributed by atoms with Crippen LogP contribution in [0.4, 0.5) is 13.2 Å². The van der Waals surface area contributed by atoms with Crippen molar-refractivity contribution >= 4 is 22.8 Å². The van der Waals surface area contributed by atoms with Gasteiger partial charge in [-0.15, -0.1) is 0 Å². The van der Waals surface area contributed by atoms with Crippen LogP contribution in [0.1, 0.15) is 18.1 Å². The fourth-order valence-electron chi connectivity index (χ4n) is 3.03. The van der Waals surface area contributed by atoms with Gasteiger partial charge in [0.05, 0.1) is 23.9 Å². The Morgan fingerprint density at radius 1 is 1.13 bits per heavy atom. The van der Waals surface area contributed by atoms with E-state index in [0.717, 1.165) is 16.3 Å². The third kappa shape index (κ3) is 3.99. The molecular weight excluding hydrogens is 405 g/mol. The Balaban J connectivity index is 1.65. The summed E-state index contributed by atoms with van der Waals surface area (Å²) < 4.78 is 43.0. The molecule has 9 nitrogen and oxygen atoms in total. The van der Waals surface area contributed by atoms with Crippen molar-refractivity contribution in [2.24, 2.45) is 14.1 Å². The van der Waals surface area contributed by atoms with Crippen LogP contribution in [-0.2, 0) is 35.7 Å². The van der Waals surface area contributed by atoms with Crippen LogP contribution in [0.3, 0.4) is 0 Å². The van der Waals surface area contributed by atoms with Crippen molar-refractivity contribution in [1.29, 1.82) is 0 Å². The summed E-state index contributed by atoms with van der Waals surface area (Å²) in [5.41, 5.74) is 1.89. The molecule has 0 bridgehead atoms. The van der Waals surface area contributed by atoms with Crippen LogP contribution in [0.25, 0.3) is 11.0 Å². The van der Waals surface area contributed by atoms with Crippen LogP contribution < -0.4 is 10.9 Å². The molecule has 3 N–H and O–H groups in total. The largest absolute Gasteiger partial charge is 0.425 e. The minimum atomic E-state index is -5.17. The highest BCUT2D eigenvalue weighted by Gasteiger charge is 2.58. The molecule has 12 heteroatoms. The van der Waals surface area contributed by atoms with E-state index in [9.17, 15) is 27.9 Å². The summed E-state index contributed by atoms with van der Waals surface area (Å²) in [6.07, 6.45) is -4.48. The monoisotopic (exact) mass is 424 g/mol. The smallest absolute Gasteiger partial charge is 0.374 e. The third-order valence-corrected chi connectivity index (χ3v) is 4.62. The van der Waals surface area contributed by atoms with E-state index in [0.29, 0.717) is 11.3 Å².